The molecule has 2 aromatic carbocycles. The first-order valence-electron chi connectivity index (χ1n) is 13.7. The predicted molar refractivity (Wildman–Crippen MR) is 151 cm³/mol. The van der Waals surface area contributed by atoms with Crippen LogP contribution in [0.25, 0.3) is 0 Å². The van der Waals surface area contributed by atoms with Crippen molar-refractivity contribution in [1.82, 2.24) is 10.2 Å². The highest BCUT2D eigenvalue weighted by atomic mass is 32.2. The summed E-state index contributed by atoms with van der Waals surface area (Å²) in [6.07, 6.45) is 1.15. The molecule has 0 unspecified atom stereocenters. The standard InChI is InChI=1S/C26H36N4O3S.C2HF3O2/c1-2-7-21-8-11-23(12-9-21)34(32,33)28-22-10-13-25(29-18-14-27-15-19-29)24(20-22)26(31)30-16-5-3-4-6-17-30;3-2(4,5)1(6)7/h8-13,20,27-28H,2-7,14-19H2,1H3;(H,6,7). The lowest BCUT2D eigenvalue weighted by Crippen LogP contribution is -2.44. The van der Waals surface area contributed by atoms with Gasteiger partial charge in [-0.3, -0.25) is 9.52 Å². The van der Waals surface area contributed by atoms with Gasteiger partial charge in [-0.2, -0.15) is 13.2 Å². The third-order valence-corrected chi connectivity index (χ3v) is 8.24. The number of halogens is 3. The van der Waals surface area contributed by atoms with Crippen molar-refractivity contribution in [1.29, 1.82) is 0 Å². The molecule has 4 rings (SSSR count). The van der Waals surface area contributed by atoms with Gasteiger partial charge in [0.25, 0.3) is 15.9 Å². The second-order valence-corrected chi connectivity index (χ2v) is 11.7. The van der Waals surface area contributed by atoms with Crippen molar-refractivity contribution in [2.45, 2.75) is 56.5 Å². The van der Waals surface area contributed by atoms with Gasteiger partial charge in [-0.1, -0.05) is 38.3 Å². The summed E-state index contributed by atoms with van der Waals surface area (Å²) in [5, 5.41) is 10.5. The summed E-state index contributed by atoms with van der Waals surface area (Å²) in [7, 11) is -3.75. The number of carbonyl (C=O) groups excluding carboxylic acids is 1. The maximum Gasteiger partial charge on any atom is 0.490 e. The minimum absolute atomic E-state index is 0.0135. The maximum absolute atomic E-state index is 13.6. The van der Waals surface area contributed by atoms with E-state index in [1.807, 2.05) is 23.1 Å². The lowest BCUT2D eigenvalue weighted by atomic mass is 10.1. The van der Waals surface area contributed by atoms with E-state index in [0.717, 1.165) is 89.0 Å². The molecule has 2 saturated heterocycles. The Morgan fingerprint density at radius 2 is 1.54 bits per heavy atom. The summed E-state index contributed by atoms with van der Waals surface area (Å²) < 4.78 is 60.6. The van der Waals surface area contributed by atoms with Crippen molar-refractivity contribution in [2.75, 3.05) is 48.9 Å². The second-order valence-electron chi connectivity index (χ2n) is 9.98. The van der Waals surface area contributed by atoms with Gasteiger partial charge in [0.2, 0.25) is 0 Å². The van der Waals surface area contributed by atoms with Crippen LogP contribution >= 0.6 is 0 Å². The van der Waals surface area contributed by atoms with Gasteiger partial charge in [0.1, 0.15) is 0 Å². The molecule has 2 heterocycles. The molecule has 0 spiro atoms. The zero-order valence-corrected chi connectivity index (χ0v) is 23.9. The van der Waals surface area contributed by atoms with Gasteiger partial charge in [0, 0.05) is 50.6 Å². The van der Waals surface area contributed by atoms with Gasteiger partial charge in [-0.15, -0.1) is 0 Å². The molecule has 41 heavy (non-hydrogen) atoms. The molecule has 0 saturated carbocycles. The number of benzene rings is 2. The summed E-state index contributed by atoms with van der Waals surface area (Å²) in [5.74, 6) is -2.77. The predicted octanol–water partition coefficient (Wildman–Crippen LogP) is 4.50. The fraction of sp³-hybridized carbons (Fsp3) is 0.500. The fourth-order valence-electron chi connectivity index (χ4n) is 4.73. The van der Waals surface area contributed by atoms with E-state index in [0.29, 0.717) is 11.3 Å². The normalized spacial score (nSPS) is 16.3. The number of sulfonamides is 1. The number of carboxylic acid groups (broad SMARTS) is 1. The topological polar surface area (TPSA) is 119 Å². The van der Waals surface area contributed by atoms with Gasteiger partial charge < -0.3 is 20.2 Å². The summed E-state index contributed by atoms with van der Waals surface area (Å²) >= 11 is 0. The van der Waals surface area contributed by atoms with Crippen molar-refractivity contribution in [2.24, 2.45) is 0 Å². The van der Waals surface area contributed by atoms with E-state index < -0.39 is 22.2 Å². The van der Waals surface area contributed by atoms with Crippen LogP contribution in [-0.4, -0.2) is 75.7 Å². The van der Waals surface area contributed by atoms with Crippen LogP contribution in [0.3, 0.4) is 0 Å². The minimum atomic E-state index is -5.08. The number of anilines is 2. The van der Waals surface area contributed by atoms with E-state index in [4.69, 9.17) is 9.90 Å². The Morgan fingerprint density at radius 1 is 0.951 bits per heavy atom. The molecule has 2 aliphatic rings. The van der Waals surface area contributed by atoms with E-state index in [2.05, 4.69) is 21.9 Å². The molecule has 0 atom stereocenters. The summed E-state index contributed by atoms with van der Waals surface area (Å²) in [5.41, 5.74) is 2.98. The SMILES string of the molecule is CCCc1ccc(S(=O)(=O)Nc2ccc(N3CCNCC3)c(C(=O)N3CCCCCC3)c2)cc1.O=C(O)C(F)(F)F. The van der Waals surface area contributed by atoms with E-state index in [-0.39, 0.29) is 10.8 Å². The molecule has 226 valence electrons. The average Bonchev–Trinajstić information content (AvgIpc) is 3.23. The molecule has 0 aromatic heterocycles. The van der Waals surface area contributed by atoms with E-state index >= 15 is 0 Å². The molecule has 0 aliphatic carbocycles. The molecular weight excluding hydrogens is 561 g/mol. The van der Waals surface area contributed by atoms with E-state index in [1.54, 1.807) is 24.3 Å². The number of nitrogens with zero attached hydrogens (tertiary/aromatic N) is 2. The van der Waals surface area contributed by atoms with Crippen molar-refractivity contribution < 1.29 is 36.3 Å². The van der Waals surface area contributed by atoms with Crippen LogP contribution in [-0.2, 0) is 21.2 Å². The number of carbonyl (C=O) groups is 2. The summed E-state index contributed by atoms with van der Waals surface area (Å²) in [6.45, 7) is 6.95. The Morgan fingerprint density at radius 3 is 2.07 bits per heavy atom. The molecule has 0 bridgehead atoms. The fourth-order valence-corrected chi connectivity index (χ4v) is 5.78. The summed E-state index contributed by atoms with van der Waals surface area (Å²) in [6, 6.07) is 12.4. The Labute approximate surface area is 238 Å². The first-order chi connectivity index (χ1) is 19.4. The molecule has 0 radical (unpaired) electrons. The maximum atomic E-state index is 13.6. The number of likely N-dealkylation sites (tertiary alicyclic amines) is 1. The Balaban J connectivity index is 0.000000587. The number of alkyl halides is 3. The van der Waals surface area contributed by atoms with Crippen LogP contribution in [0.15, 0.2) is 47.4 Å². The number of hydrogen-bond acceptors (Lipinski definition) is 6. The minimum Gasteiger partial charge on any atom is -0.475 e. The number of nitrogens with one attached hydrogen (secondary N) is 2. The highest BCUT2D eigenvalue weighted by Gasteiger charge is 2.38. The van der Waals surface area contributed by atoms with Gasteiger partial charge in [0.15, 0.2) is 0 Å². The molecular formula is C28H37F3N4O5S. The second kappa shape index (κ2) is 14.5. The average molecular weight is 599 g/mol. The largest absolute Gasteiger partial charge is 0.490 e. The number of aryl methyl sites for hydroxylation is 1. The first-order valence-corrected chi connectivity index (χ1v) is 15.2. The van der Waals surface area contributed by atoms with Crippen LogP contribution in [0.2, 0.25) is 0 Å². The third-order valence-electron chi connectivity index (χ3n) is 6.84. The van der Waals surface area contributed by atoms with Gasteiger partial charge >= 0.3 is 12.1 Å². The van der Waals surface area contributed by atoms with Crippen LogP contribution in [0.4, 0.5) is 24.5 Å². The molecule has 2 fully saturated rings. The van der Waals surface area contributed by atoms with E-state index in [9.17, 15) is 26.4 Å². The Kier molecular flexibility index (Phi) is 11.4. The van der Waals surface area contributed by atoms with Crippen LogP contribution in [0.5, 0.6) is 0 Å². The van der Waals surface area contributed by atoms with Gasteiger partial charge in [-0.05, 0) is 55.2 Å². The zero-order valence-electron chi connectivity index (χ0n) is 23.0. The van der Waals surface area contributed by atoms with Crippen LogP contribution in [0, 0.1) is 0 Å². The molecule has 9 nitrogen and oxygen atoms in total. The Bertz CT molecular complexity index is 1270. The van der Waals surface area contributed by atoms with E-state index in [1.165, 1.54) is 0 Å². The number of carboxylic acids is 1. The smallest absolute Gasteiger partial charge is 0.475 e. The molecule has 13 heteroatoms. The van der Waals surface area contributed by atoms with Crippen molar-refractivity contribution in [3.8, 4) is 0 Å². The Hall–Kier alpha value is -3.32. The summed E-state index contributed by atoms with van der Waals surface area (Å²) in [4.78, 5) is 26.9. The molecule has 3 N–H and O–H groups in total. The zero-order chi connectivity index (χ0) is 30.0. The van der Waals surface area contributed by atoms with Gasteiger partial charge in [0.05, 0.1) is 10.5 Å². The quantitative estimate of drug-likeness (QED) is 0.430. The van der Waals surface area contributed by atoms with Crippen molar-refractivity contribution in [3.63, 3.8) is 0 Å². The number of piperazine rings is 1. The molecule has 2 aliphatic heterocycles. The van der Waals surface area contributed by atoms with Crippen molar-refractivity contribution in [3.05, 3.63) is 53.6 Å². The third kappa shape index (κ3) is 9.35. The monoisotopic (exact) mass is 598 g/mol. The number of aliphatic carboxylic acids is 1. The van der Waals surface area contributed by atoms with Crippen LogP contribution < -0.4 is 14.9 Å². The van der Waals surface area contributed by atoms with Crippen LogP contribution in [0.1, 0.15) is 54.9 Å². The first kappa shape index (κ1) is 32.2. The number of rotatable bonds is 7. The number of amides is 1. The highest BCUT2D eigenvalue weighted by Crippen LogP contribution is 2.29. The highest BCUT2D eigenvalue weighted by molar-refractivity contribution is 7.92. The van der Waals surface area contributed by atoms with Crippen molar-refractivity contribution >= 4 is 33.3 Å². The number of hydrogen-bond donors (Lipinski definition) is 3. The molecule has 1 amide bonds. The lowest BCUT2D eigenvalue weighted by Gasteiger charge is -2.32. The lowest BCUT2D eigenvalue weighted by molar-refractivity contribution is -0.192. The van der Waals surface area contributed by atoms with Gasteiger partial charge in [-0.25, -0.2) is 13.2 Å². The molecule has 2 aromatic rings.